The molecule has 3 rings (SSSR count). The van der Waals surface area contributed by atoms with Gasteiger partial charge in [-0.15, -0.1) is 0 Å². The Bertz CT molecular complexity index is 794. The van der Waals surface area contributed by atoms with Crippen molar-refractivity contribution in [2.45, 2.75) is 25.8 Å². The van der Waals surface area contributed by atoms with Gasteiger partial charge in [0.2, 0.25) is 5.91 Å². The van der Waals surface area contributed by atoms with E-state index in [9.17, 15) is 9.59 Å². The summed E-state index contributed by atoms with van der Waals surface area (Å²) in [5.74, 6) is -0.0902. The second-order valence-electron chi connectivity index (χ2n) is 6.51. The van der Waals surface area contributed by atoms with E-state index in [1.54, 1.807) is 30.6 Å². The third kappa shape index (κ3) is 4.57. The highest BCUT2D eigenvalue weighted by Gasteiger charge is 2.24. The van der Waals surface area contributed by atoms with Crippen molar-refractivity contribution >= 4 is 17.9 Å². The van der Waals surface area contributed by atoms with Gasteiger partial charge in [0.25, 0.3) is 5.91 Å². The van der Waals surface area contributed by atoms with E-state index in [0.717, 1.165) is 24.0 Å². The van der Waals surface area contributed by atoms with E-state index in [-0.39, 0.29) is 17.9 Å². The fourth-order valence-corrected chi connectivity index (χ4v) is 3.09. The highest BCUT2D eigenvalue weighted by atomic mass is 16.2. The van der Waals surface area contributed by atoms with Crippen molar-refractivity contribution in [1.82, 2.24) is 15.2 Å². The monoisotopic (exact) mass is 349 g/mol. The van der Waals surface area contributed by atoms with Crippen molar-refractivity contribution in [3.63, 3.8) is 0 Å². The van der Waals surface area contributed by atoms with Gasteiger partial charge in [0.05, 0.1) is 5.56 Å². The molecular weight excluding hydrogens is 326 g/mol. The predicted molar refractivity (Wildman–Crippen MR) is 102 cm³/mol. The van der Waals surface area contributed by atoms with E-state index in [0.29, 0.717) is 18.7 Å². The van der Waals surface area contributed by atoms with E-state index in [4.69, 9.17) is 0 Å². The van der Waals surface area contributed by atoms with Gasteiger partial charge in [0.1, 0.15) is 0 Å². The summed E-state index contributed by atoms with van der Waals surface area (Å²) >= 11 is 0. The van der Waals surface area contributed by atoms with Crippen LogP contribution in [0.5, 0.6) is 0 Å². The zero-order chi connectivity index (χ0) is 18.4. The minimum Gasteiger partial charge on any atom is -0.350 e. The number of nitrogens with zero attached hydrogens (tertiary/aromatic N) is 2. The summed E-state index contributed by atoms with van der Waals surface area (Å²) in [5, 5.41) is 3.03. The van der Waals surface area contributed by atoms with E-state index < -0.39 is 0 Å². The summed E-state index contributed by atoms with van der Waals surface area (Å²) in [5.41, 5.74) is 2.79. The summed E-state index contributed by atoms with van der Waals surface area (Å²) in [4.78, 5) is 30.4. The van der Waals surface area contributed by atoms with Crippen LogP contribution in [0.15, 0.2) is 54.9 Å². The van der Waals surface area contributed by atoms with Crippen LogP contribution in [0.1, 0.15) is 34.3 Å². The van der Waals surface area contributed by atoms with Crippen molar-refractivity contribution < 1.29 is 9.59 Å². The Labute approximate surface area is 153 Å². The van der Waals surface area contributed by atoms with Gasteiger partial charge in [0.15, 0.2) is 0 Å². The molecule has 26 heavy (non-hydrogen) atoms. The molecule has 1 aliphatic rings. The van der Waals surface area contributed by atoms with Crippen molar-refractivity contribution in [3.05, 3.63) is 71.6 Å². The quantitative estimate of drug-likeness (QED) is 0.864. The standard InChI is InChI=1S/C21H23N3O2/c1-16-5-2-3-6-17(16)8-9-20(25)23-19-10-13-24(14-11-19)21(26)18-7-4-12-22-15-18/h2-9,12,15,19H,10-11,13-14H2,1H3,(H,23,25)/b9-8+. The van der Waals surface area contributed by atoms with Crippen molar-refractivity contribution in [2.24, 2.45) is 0 Å². The molecule has 1 aliphatic heterocycles. The number of likely N-dealkylation sites (tertiary alicyclic amines) is 1. The van der Waals surface area contributed by atoms with Crippen molar-refractivity contribution in [1.29, 1.82) is 0 Å². The number of carbonyl (C=O) groups is 2. The fourth-order valence-electron chi connectivity index (χ4n) is 3.09. The summed E-state index contributed by atoms with van der Waals surface area (Å²) in [6.07, 6.45) is 8.18. The SMILES string of the molecule is Cc1ccccc1/C=C/C(=O)NC1CCN(C(=O)c2cccnc2)CC1. The lowest BCUT2D eigenvalue weighted by Crippen LogP contribution is -2.46. The molecule has 2 aromatic rings. The number of benzene rings is 1. The molecule has 2 heterocycles. The van der Waals surface area contributed by atoms with Crippen LogP contribution < -0.4 is 5.32 Å². The molecule has 0 saturated carbocycles. The van der Waals surface area contributed by atoms with Crippen LogP contribution >= 0.6 is 0 Å². The molecule has 0 bridgehead atoms. The van der Waals surface area contributed by atoms with E-state index in [1.807, 2.05) is 42.2 Å². The zero-order valence-electron chi connectivity index (χ0n) is 14.9. The Kier molecular flexibility index (Phi) is 5.79. The van der Waals surface area contributed by atoms with Gasteiger partial charge in [-0.05, 0) is 49.1 Å². The number of amides is 2. The van der Waals surface area contributed by atoms with Gasteiger partial charge in [-0.3, -0.25) is 14.6 Å². The first kappa shape index (κ1) is 17.9. The maximum absolute atomic E-state index is 12.4. The summed E-state index contributed by atoms with van der Waals surface area (Å²) < 4.78 is 0. The lowest BCUT2D eigenvalue weighted by Gasteiger charge is -2.32. The number of aromatic nitrogens is 1. The predicted octanol–water partition coefficient (Wildman–Crippen LogP) is 2.82. The van der Waals surface area contributed by atoms with Crippen LogP contribution in [0.25, 0.3) is 6.08 Å². The first-order valence-corrected chi connectivity index (χ1v) is 8.87. The van der Waals surface area contributed by atoms with E-state index in [2.05, 4.69) is 10.3 Å². The molecule has 0 aliphatic carbocycles. The average molecular weight is 349 g/mol. The first-order chi connectivity index (χ1) is 12.6. The lowest BCUT2D eigenvalue weighted by molar-refractivity contribution is -0.117. The average Bonchev–Trinajstić information content (AvgIpc) is 2.68. The lowest BCUT2D eigenvalue weighted by atomic mass is 10.0. The number of piperidine rings is 1. The second-order valence-corrected chi connectivity index (χ2v) is 6.51. The van der Waals surface area contributed by atoms with Crippen molar-refractivity contribution in [2.75, 3.05) is 13.1 Å². The van der Waals surface area contributed by atoms with Gasteiger partial charge in [-0.2, -0.15) is 0 Å². The summed E-state index contributed by atoms with van der Waals surface area (Å²) in [7, 11) is 0. The highest BCUT2D eigenvalue weighted by Crippen LogP contribution is 2.14. The Morgan fingerprint density at radius 3 is 2.62 bits per heavy atom. The molecule has 0 spiro atoms. The number of rotatable bonds is 4. The number of pyridine rings is 1. The Morgan fingerprint density at radius 2 is 1.92 bits per heavy atom. The number of hydrogen-bond donors (Lipinski definition) is 1. The molecule has 1 saturated heterocycles. The van der Waals surface area contributed by atoms with Gasteiger partial charge >= 0.3 is 0 Å². The first-order valence-electron chi connectivity index (χ1n) is 8.87. The molecule has 1 aromatic carbocycles. The van der Waals surface area contributed by atoms with Crippen LogP contribution in [0, 0.1) is 6.92 Å². The molecule has 1 N–H and O–H groups in total. The molecular formula is C21H23N3O2. The topological polar surface area (TPSA) is 62.3 Å². The van der Waals surface area contributed by atoms with E-state index >= 15 is 0 Å². The molecule has 0 radical (unpaired) electrons. The van der Waals surface area contributed by atoms with Crippen LogP contribution in [-0.4, -0.2) is 40.8 Å². The smallest absolute Gasteiger partial charge is 0.255 e. The molecule has 5 heteroatoms. The maximum Gasteiger partial charge on any atom is 0.255 e. The zero-order valence-corrected chi connectivity index (χ0v) is 14.9. The van der Waals surface area contributed by atoms with Crippen LogP contribution in [0.4, 0.5) is 0 Å². The Morgan fingerprint density at radius 1 is 1.15 bits per heavy atom. The third-order valence-corrected chi connectivity index (χ3v) is 4.64. The Balaban J connectivity index is 1.49. The fraction of sp³-hybridized carbons (Fsp3) is 0.286. The number of hydrogen-bond acceptors (Lipinski definition) is 3. The Hall–Kier alpha value is -2.95. The minimum absolute atomic E-state index is 0.00215. The molecule has 0 unspecified atom stereocenters. The van der Waals surface area contributed by atoms with Gasteiger partial charge in [-0.1, -0.05) is 24.3 Å². The summed E-state index contributed by atoms with van der Waals surface area (Å²) in [6, 6.07) is 11.6. The van der Waals surface area contributed by atoms with Crippen molar-refractivity contribution in [3.8, 4) is 0 Å². The van der Waals surface area contributed by atoms with Gasteiger partial charge in [-0.25, -0.2) is 0 Å². The molecule has 0 atom stereocenters. The van der Waals surface area contributed by atoms with Crippen LogP contribution in [-0.2, 0) is 4.79 Å². The third-order valence-electron chi connectivity index (χ3n) is 4.64. The molecule has 2 amide bonds. The van der Waals surface area contributed by atoms with E-state index in [1.165, 1.54) is 0 Å². The summed E-state index contributed by atoms with van der Waals surface area (Å²) in [6.45, 7) is 3.30. The van der Waals surface area contributed by atoms with Gasteiger partial charge in [0, 0.05) is 37.6 Å². The number of aryl methyl sites for hydroxylation is 1. The van der Waals surface area contributed by atoms with Gasteiger partial charge < -0.3 is 10.2 Å². The largest absolute Gasteiger partial charge is 0.350 e. The molecule has 1 fully saturated rings. The normalized spacial score (nSPS) is 15.2. The number of nitrogens with one attached hydrogen (secondary N) is 1. The minimum atomic E-state index is -0.0923. The molecule has 1 aromatic heterocycles. The number of carbonyl (C=O) groups excluding carboxylic acids is 2. The highest BCUT2D eigenvalue weighted by molar-refractivity contribution is 5.94. The van der Waals surface area contributed by atoms with Crippen LogP contribution in [0.3, 0.4) is 0 Å². The second kappa shape index (κ2) is 8.43. The molecule has 5 nitrogen and oxygen atoms in total. The van der Waals surface area contributed by atoms with Crippen LogP contribution in [0.2, 0.25) is 0 Å². The molecule has 134 valence electrons. The maximum atomic E-state index is 12.4.